The molecule has 1 aromatic heterocycles. The summed E-state index contributed by atoms with van der Waals surface area (Å²) < 4.78 is 0. The lowest BCUT2D eigenvalue weighted by molar-refractivity contribution is 0.0625. The van der Waals surface area contributed by atoms with Gasteiger partial charge < -0.3 is 15.5 Å². The maximum atomic E-state index is 13.1. The van der Waals surface area contributed by atoms with Gasteiger partial charge in [-0.1, -0.05) is 30.3 Å². The van der Waals surface area contributed by atoms with Crippen LogP contribution < -0.4 is 10.6 Å². The van der Waals surface area contributed by atoms with Crippen LogP contribution in [0.15, 0.2) is 30.3 Å². The van der Waals surface area contributed by atoms with E-state index < -0.39 is 0 Å². The smallest absolute Gasteiger partial charge is 0.259 e. The van der Waals surface area contributed by atoms with Gasteiger partial charge in [0.05, 0.1) is 5.56 Å². The van der Waals surface area contributed by atoms with Crippen molar-refractivity contribution in [2.75, 3.05) is 25.5 Å². The minimum absolute atomic E-state index is 0.126. The minimum atomic E-state index is -0.269. The second-order valence-corrected chi connectivity index (χ2v) is 7.28. The van der Waals surface area contributed by atoms with E-state index in [4.69, 9.17) is 0 Å². The summed E-state index contributed by atoms with van der Waals surface area (Å²) >= 11 is 1.69. The maximum Gasteiger partial charge on any atom is 0.259 e. The summed E-state index contributed by atoms with van der Waals surface area (Å²) in [4.78, 5) is 16.1. The molecule has 0 saturated carbocycles. The van der Waals surface area contributed by atoms with E-state index in [9.17, 15) is 4.79 Å². The van der Waals surface area contributed by atoms with Crippen LogP contribution in [0.2, 0.25) is 0 Å². The Morgan fingerprint density at radius 2 is 2.00 bits per heavy atom. The van der Waals surface area contributed by atoms with Gasteiger partial charge in [-0.3, -0.25) is 4.79 Å². The number of rotatable bonds is 1. The van der Waals surface area contributed by atoms with Crippen molar-refractivity contribution in [3.8, 4) is 11.1 Å². The Labute approximate surface area is 134 Å². The Bertz CT molecular complexity index is 732. The zero-order chi connectivity index (χ0) is 15.3. The van der Waals surface area contributed by atoms with Crippen molar-refractivity contribution in [1.82, 2.24) is 10.2 Å². The molecule has 1 amide bonds. The second-order valence-electron chi connectivity index (χ2n) is 6.05. The minimum Gasteiger partial charge on any atom is -0.353 e. The molecule has 1 aromatic carbocycles. The van der Waals surface area contributed by atoms with Crippen LogP contribution >= 0.6 is 11.3 Å². The van der Waals surface area contributed by atoms with E-state index in [1.54, 1.807) is 11.3 Å². The van der Waals surface area contributed by atoms with Crippen molar-refractivity contribution in [2.24, 2.45) is 0 Å². The van der Waals surface area contributed by atoms with Crippen molar-refractivity contribution in [3.63, 3.8) is 0 Å². The van der Waals surface area contributed by atoms with Crippen LogP contribution in [0, 0.1) is 6.92 Å². The summed E-state index contributed by atoms with van der Waals surface area (Å²) in [5.74, 6) is 0.126. The molecule has 0 bridgehead atoms. The predicted octanol–water partition coefficient (Wildman–Crippen LogP) is 2.91. The molecule has 0 aliphatic carbocycles. The first-order valence-corrected chi connectivity index (χ1v) is 8.40. The zero-order valence-electron chi connectivity index (χ0n) is 12.8. The number of nitrogens with one attached hydrogen (secondary N) is 2. The van der Waals surface area contributed by atoms with Gasteiger partial charge in [0.25, 0.3) is 5.91 Å². The molecule has 2 aromatic rings. The lowest BCUT2D eigenvalue weighted by Crippen LogP contribution is -2.59. The molecular formula is C17H19N3OS. The normalized spacial score (nSPS) is 23.7. The van der Waals surface area contributed by atoms with E-state index in [1.165, 1.54) is 4.88 Å². The Morgan fingerprint density at radius 1 is 1.23 bits per heavy atom. The van der Waals surface area contributed by atoms with Gasteiger partial charge in [0.1, 0.15) is 10.7 Å². The number of nitrogens with zero attached hydrogens (tertiary/aromatic N) is 1. The number of amides is 1. The lowest BCUT2D eigenvalue weighted by atomic mass is 9.96. The van der Waals surface area contributed by atoms with E-state index >= 15 is 0 Å². The van der Waals surface area contributed by atoms with Crippen LogP contribution in [0.1, 0.15) is 21.7 Å². The van der Waals surface area contributed by atoms with Crippen LogP contribution in [0.5, 0.6) is 0 Å². The first kappa shape index (κ1) is 13.8. The second kappa shape index (κ2) is 4.83. The van der Waals surface area contributed by atoms with Crippen LogP contribution in [-0.4, -0.2) is 36.6 Å². The van der Waals surface area contributed by atoms with Crippen LogP contribution in [-0.2, 0) is 0 Å². The molecule has 22 heavy (non-hydrogen) atoms. The Hall–Kier alpha value is -1.85. The van der Waals surface area contributed by atoms with Crippen molar-refractivity contribution >= 4 is 22.2 Å². The number of likely N-dealkylation sites (N-methyl/N-ethyl adjacent to an activating group) is 1. The third-order valence-electron chi connectivity index (χ3n) is 4.79. The van der Waals surface area contributed by atoms with Gasteiger partial charge in [-0.15, -0.1) is 11.3 Å². The monoisotopic (exact) mass is 313 g/mol. The molecule has 1 unspecified atom stereocenters. The van der Waals surface area contributed by atoms with Gasteiger partial charge in [0.15, 0.2) is 0 Å². The fraction of sp³-hybridized carbons (Fsp3) is 0.353. The summed E-state index contributed by atoms with van der Waals surface area (Å²) in [6, 6.07) is 10.2. The first-order valence-electron chi connectivity index (χ1n) is 7.58. The molecule has 2 N–H and O–H groups in total. The number of hydrogen-bond acceptors (Lipinski definition) is 4. The molecule has 1 saturated heterocycles. The molecule has 2 aliphatic rings. The maximum absolute atomic E-state index is 13.1. The van der Waals surface area contributed by atoms with E-state index in [-0.39, 0.29) is 11.6 Å². The number of benzene rings is 1. The predicted molar refractivity (Wildman–Crippen MR) is 90.4 cm³/mol. The summed E-state index contributed by atoms with van der Waals surface area (Å²) in [6.45, 7) is 3.84. The Kier molecular flexibility index (Phi) is 3.03. The summed E-state index contributed by atoms with van der Waals surface area (Å²) in [6.07, 6.45) is 0.937. The topological polar surface area (TPSA) is 44.4 Å². The zero-order valence-corrected chi connectivity index (χ0v) is 13.6. The quantitative estimate of drug-likeness (QED) is 0.851. The summed E-state index contributed by atoms with van der Waals surface area (Å²) in [5.41, 5.74) is 2.75. The third kappa shape index (κ3) is 1.82. The number of carbonyl (C=O) groups is 1. The lowest BCUT2D eigenvalue weighted by Gasteiger charge is -2.43. The van der Waals surface area contributed by atoms with Gasteiger partial charge in [0.2, 0.25) is 0 Å². The standard InChI is InChI=1S/C17H19N3OS/c1-11-13(12-6-4-3-5-7-12)14-15(22-11)19-17(8-9-18-10-17)20(2)16(14)21/h3-7,18-19H,8-10H2,1-2H3. The molecule has 2 aliphatic heterocycles. The van der Waals surface area contributed by atoms with Gasteiger partial charge in [-0.25, -0.2) is 0 Å². The molecule has 0 radical (unpaired) electrons. The molecule has 4 nitrogen and oxygen atoms in total. The van der Waals surface area contributed by atoms with Crippen molar-refractivity contribution < 1.29 is 4.79 Å². The van der Waals surface area contributed by atoms with Crippen molar-refractivity contribution in [1.29, 1.82) is 0 Å². The average molecular weight is 313 g/mol. The highest BCUT2D eigenvalue weighted by Gasteiger charge is 2.46. The molecule has 4 rings (SSSR count). The average Bonchev–Trinajstić information content (AvgIpc) is 3.11. The number of anilines is 1. The highest BCUT2D eigenvalue weighted by molar-refractivity contribution is 7.17. The van der Waals surface area contributed by atoms with Gasteiger partial charge in [-0.2, -0.15) is 0 Å². The highest BCUT2D eigenvalue weighted by atomic mass is 32.1. The van der Waals surface area contributed by atoms with Gasteiger partial charge in [0, 0.05) is 30.5 Å². The van der Waals surface area contributed by atoms with Crippen LogP contribution in [0.3, 0.4) is 0 Å². The number of thiophene rings is 1. The highest BCUT2D eigenvalue weighted by Crippen LogP contribution is 2.45. The number of aryl methyl sites for hydroxylation is 1. The SMILES string of the molecule is Cc1sc2c(c1-c1ccccc1)C(=O)N(C)C1(CCNC1)N2. The molecular weight excluding hydrogens is 294 g/mol. The van der Waals surface area contributed by atoms with E-state index in [0.29, 0.717) is 0 Å². The number of fused-ring (bicyclic) bond motifs is 1. The Balaban J connectivity index is 1.88. The van der Waals surface area contributed by atoms with Gasteiger partial charge in [-0.05, 0) is 19.0 Å². The van der Waals surface area contributed by atoms with Crippen LogP contribution in [0.4, 0.5) is 5.00 Å². The number of hydrogen-bond donors (Lipinski definition) is 2. The van der Waals surface area contributed by atoms with E-state index in [1.807, 2.05) is 30.1 Å². The molecule has 1 spiro atoms. The van der Waals surface area contributed by atoms with Crippen molar-refractivity contribution in [2.45, 2.75) is 19.0 Å². The molecule has 114 valence electrons. The van der Waals surface area contributed by atoms with E-state index in [0.717, 1.165) is 41.2 Å². The number of carbonyl (C=O) groups excluding carboxylic acids is 1. The fourth-order valence-corrected chi connectivity index (χ4v) is 4.68. The summed E-state index contributed by atoms with van der Waals surface area (Å²) in [7, 11) is 1.91. The molecule has 1 atom stereocenters. The van der Waals surface area contributed by atoms with Gasteiger partial charge >= 0.3 is 0 Å². The molecule has 5 heteroatoms. The largest absolute Gasteiger partial charge is 0.353 e. The van der Waals surface area contributed by atoms with E-state index in [2.05, 4.69) is 29.7 Å². The molecule has 3 heterocycles. The van der Waals surface area contributed by atoms with Crippen LogP contribution in [0.25, 0.3) is 11.1 Å². The van der Waals surface area contributed by atoms with Crippen molar-refractivity contribution in [3.05, 3.63) is 40.8 Å². The molecule has 1 fully saturated rings. The third-order valence-corrected chi connectivity index (χ3v) is 5.81. The first-order chi connectivity index (χ1) is 10.6. The Morgan fingerprint density at radius 3 is 2.68 bits per heavy atom. The fourth-order valence-electron chi connectivity index (χ4n) is 3.52. The summed E-state index contributed by atoms with van der Waals surface area (Å²) in [5, 5.41) is 8.03.